The van der Waals surface area contributed by atoms with Crippen molar-refractivity contribution >= 4 is 29.9 Å². The first-order valence-corrected chi connectivity index (χ1v) is 8.06. The van der Waals surface area contributed by atoms with E-state index in [-0.39, 0.29) is 24.0 Å². The molecule has 0 aliphatic heterocycles. The molecule has 0 spiro atoms. The topological polar surface area (TPSA) is 54.9 Å². The number of methoxy groups -OCH3 is 2. The van der Waals surface area contributed by atoms with Crippen molar-refractivity contribution in [2.75, 3.05) is 27.3 Å². The Morgan fingerprint density at radius 1 is 1.21 bits per heavy atom. The number of ether oxygens (including phenoxy) is 2. The number of nitrogens with one attached hydrogen (secondary N) is 2. The second-order valence-electron chi connectivity index (χ2n) is 5.11. The van der Waals surface area contributed by atoms with E-state index in [0.717, 1.165) is 54.5 Å². The van der Waals surface area contributed by atoms with Crippen LogP contribution in [0.15, 0.2) is 29.8 Å². The molecule has 0 heterocycles. The molecule has 0 amide bonds. The van der Waals surface area contributed by atoms with Gasteiger partial charge in [-0.05, 0) is 37.5 Å². The van der Waals surface area contributed by atoms with Crippen LogP contribution in [-0.2, 0) is 13.0 Å². The van der Waals surface area contributed by atoms with Gasteiger partial charge in [0.05, 0.1) is 20.8 Å². The van der Waals surface area contributed by atoms with Crippen LogP contribution in [0.2, 0.25) is 0 Å². The number of rotatable bonds is 9. The molecule has 5 nitrogen and oxygen atoms in total. The Kier molecular flexibility index (Phi) is 12.1. The van der Waals surface area contributed by atoms with Gasteiger partial charge in [0.2, 0.25) is 0 Å². The van der Waals surface area contributed by atoms with Crippen molar-refractivity contribution in [3.8, 4) is 11.5 Å². The minimum absolute atomic E-state index is 0. The molecule has 0 radical (unpaired) electrons. The molecule has 24 heavy (non-hydrogen) atoms. The highest BCUT2D eigenvalue weighted by atomic mass is 127. The van der Waals surface area contributed by atoms with E-state index < -0.39 is 0 Å². The number of guanidine groups is 1. The average molecular weight is 447 g/mol. The van der Waals surface area contributed by atoms with Crippen molar-refractivity contribution in [3.63, 3.8) is 0 Å². The van der Waals surface area contributed by atoms with E-state index in [0.29, 0.717) is 6.54 Å². The molecule has 0 unspecified atom stereocenters. The van der Waals surface area contributed by atoms with Crippen molar-refractivity contribution in [1.29, 1.82) is 0 Å². The Morgan fingerprint density at radius 2 is 1.96 bits per heavy atom. The van der Waals surface area contributed by atoms with Crippen molar-refractivity contribution < 1.29 is 9.47 Å². The maximum absolute atomic E-state index is 5.46. The van der Waals surface area contributed by atoms with E-state index in [1.165, 1.54) is 0 Å². The number of benzene rings is 1. The van der Waals surface area contributed by atoms with Crippen LogP contribution < -0.4 is 20.1 Å². The van der Waals surface area contributed by atoms with Gasteiger partial charge in [0.25, 0.3) is 0 Å². The molecule has 1 aromatic carbocycles. The largest absolute Gasteiger partial charge is 0.493 e. The molecule has 2 N–H and O–H groups in total. The fraction of sp³-hybridized carbons (Fsp3) is 0.500. The van der Waals surface area contributed by atoms with Gasteiger partial charge in [-0.2, -0.15) is 0 Å². The van der Waals surface area contributed by atoms with Crippen molar-refractivity contribution in [2.45, 2.75) is 33.2 Å². The summed E-state index contributed by atoms with van der Waals surface area (Å²) in [7, 11) is 3.30. The van der Waals surface area contributed by atoms with Crippen molar-refractivity contribution in [3.05, 3.63) is 35.9 Å². The van der Waals surface area contributed by atoms with Gasteiger partial charge in [0, 0.05) is 18.7 Å². The molecule has 0 saturated heterocycles. The summed E-state index contributed by atoms with van der Waals surface area (Å²) < 4.78 is 10.9. The predicted molar refractivity (Wildman–Crippen MR) is 112 cm³/mol. The Bertz CT molecular complexity index is 533. The first kappa shape index (κ1) is 22.6. The molecule has 1 rings (SSSR count). The van der Waals surface area contributed by atoms with Crippen molar-refractivity contribution in [1.82, 2.24) is 10.6 Å². The lowest BCUT2D eigenvalue weighted by Gasteiger charge is -2.14. The zero-order valence-electron chi connectivity index (χ0n) is 15.1. The molecule has 6 heteroatoms. The van der Waals surface area contributed by atoms with Crippen LogP contribution in [-0.4, -0.2) is 33.3 Å². The Morgan fingerprint density at radius 3 is 2.50 bits per heavy atom. The molecule has 0 aromatic heterocycles. The maximum atomic E-state index is 5.46. The lowest BCUT2D eigenvalue weighted by atomic mass is 10.1. The van der Waals surface area contributed by atoms with Crippen LogP contribution in [0.3, 0.4) is 0 Å². The maximum Gasteiger partial charge on any atom is 0.191 e. The molecule has 0 bridgehead atoms. The van der Waals surface area contributed by atoms with Crippen molar-refractivity contribution in [2.24, 2.45) is 4.99 Å². The zero-order valence-corrected chi connectivity index (χ0v) is 17.5. The lowest BCUT2D eigenvalue weighted by molar-refractivity contribution is 0.352. The normalized spacial score (nSPS) is 10.6. The van der Waals surface area contributed by atoms with Gasteiger partial charge in [0.15, 0.2) is 17.5 Å². The molecule has 0 aliphatic rings. The predicted octanol–water partition coefficient (Wildman–Crippen LogP) is 3.52. The molecular formula is C18H30IN3O2. The highest BCUT2D eigenvalue weighted by Crippen LogP contribution is 2.33. The number of aliphatic imine (C=N–C) groups is 1. The number of hydrogen-bond acceptors (Lipinski definition) is 3. The fourth-order valence-corrected chi connectivity index (χ4v) is 2.26. The highest BCUT2D eigenvalue weighted by molar-refractivity contribution is 14.0. The monoisotopic (exact) mass is 447 g/mol. The van der Waals surface area contributed by atoms with Crippen LogP contribution >= 0.6 is 24.0 Å². The van der Waals surface area contributed by atoms with E-state index in [1.54, 1.807) is 14.2 Å². The second kappa shape index (κ2) is 12.9. The van der Waals surface area contributed by atoms with E-state index in [1.807, 2.05) is 12.1 Å². The third kappa shape index (κ3) is 6.98. The van der Waals surface area contributed by atoms with E-state index in [4.69, 9.17) is 9.47 Å². The van der Waals surface area contributed by atoms with Gasteiger partial charge < -0.3 is 20.1 Å². The Balaban J connectivity index is 0.00000529. The summed E-state index contributed by atoms with van der Waals surface area (Å²) in [6, 6.07) is 4.06. The van der Waals surface area contributed by atoms with E-state index >= 15 is 0 Å². The minimum atomic E-state index is 0. The number of hydrogen-bond donors (Lipinski definition) is 2. The fourth-order valence-electron chi connectivity index (χ4n) is 2.26. The van der Waals surface area contributed by atoms with E-state index in [2.05, 4.69) is 42.1 Å². The van der Waals surface area contributed by atoms with Gasteiger partial charge in [-0.1, -0.05) is 13.0 Å². The summed E-state index contributed by atoms with van der Waals surface area (Å²) in [4.78, 5) is 4.63. The number of allylic oxidation sites excluding steroid dienone is 1. The summed E-state index contributed by atoms with van der Waals surface area (Å²) in [5.74, 6) is 2.31. The summed E-state index contributed by atoms with van der Waals surface area (Å²) >= 11 is 0. The molecular weight excluding hydrogens is 417 g/mol. The van der Waals surface area contributed by atoms with Crippen LogP contribution in [0.1, 0.15) is 31.4 Å². The molecule has 0 atom stereocenters. The summed E-state index contributed by atoms with van der Waals surface area (Å²) in [6.45, 7) is 10.3. The third-order valence-corrected chi connectivity index (χ3v) is 3.29. The number of halogens is 1. The van der Waals surface area contributed by atoms with Gasteiger partial charge in [-0.15, -0.1) is 30.6 Å². The minimum Gasteiger partial charge on any atom is -0.493 e. The quantitative estimate of drug-likeness (QED) is 0.263. The van der Waals surface area contributed by atoms with Gasteiger partial charge in [-0.25, -0.2) is 4.99 Å². The smallest absolute Gasteiger partial charge is 0.191 e. The second-order valence-corrected chi connectivity index (χ2v) is 5.11. The first-order valence-electron chi connectivity index (χ1n) is 8.06. The molecule has 1 aromatic rings. The summed E-state index contributed by atoms with van der Waals surface area (Å²) in [5, 5.41) is 6.54. The summed E-state index contributed by atoms with van der Waals surface area (Å²) in [6.07, 6.45) is 3.65. The van der Waals surface area contributed by atoms with Gasteiger partial charge in [-0.3, -0.25) is 0 Å². The standard InChI is InChI=1S/C18H29N3O2.HI/c1-6-9-15-11-14(12-16(22-4)17(15)23-5)13-21-18(19-8-3)20-10-7-2;/h6,11-12H,1,7-10,13H2,2-5H3,(H2,19,20,21);1H. The Labute approximate surface area is 162 Å². The summed E-state index contributed by atoms with van der Waals surface area (Å²) in [5.41, 5.74) is 2.13. The van der Waals surface area contributed by atoms with Crippen LogP contribution in [0, 0.1) is 0 Å². The molecule has 0 aliphatic carbocycles. The van der Waals surface area contributed by atoms with Gasteiger partial charge >= 0.3 is 0 Å². The third-order valence-electron chi connectivity index (χ3n) is 3.29. The molecule has 0 saturated carbocycles. The SMILES string of the molecule is C=CCc1cc(CN=C(NCC)NCCC)cc(OC)c1OC.I. The van der Waals surface area contributed by atoms with E-state index in [9.17, 15) is 0 Å². The average Bonchev–Trinajstić information content (AvgIpc) is 2.57. The first-order chi connectivity index (χ1) is 11.2. The van der Waals surface area contributed by atoms with Crippen LogP contribution in [0.5, 0.6) is 11.5 Å². The lowest BCUT2D eigenvalue weighted by Crippen LogP contribution is -2.37. The van der Waals surface area contributed by atoms with Crippen LogP contribution in [0.4, 0.5) is 0 Å². The Hall–Kier alpha value is -1.44. The highest BCUT2D eigenvalue weighted by Gasteiger charge is 2.11. The molecule has 0 fully saturated rings. The van der Waals surface area contributed by atoms with Gasteiger partial charge in [0.1, 0.15) is 0 Å². The molecule has 136 valence electrons. The zero-order chi connectivity index (χ0) is 17.1. The number of nitrogens with zero attached hydrogens (tertiary/aromatic N) is 1. The van der Waals surface area contributed by atoms with Crippen LogP contribution in [0.25, 0.3) is 0 Å².